The fourth-order valence-electron chi connectivity index (χ4n) is 0.584. The van der Waals surface area contributed by atoms with E-state index in [4.69, 9.17) is 0 Å². The van der Waals surface area contributed by atoms with Crippen LogP contribution in [-0.4, -0.2) is 37.7 Å². The molecule has 0 bridgehead atoms. The van der Waals surface area contributed by atoms with Crippen LogP contribution in [0.25, 0.3) is 0 Å². The fourth-order valence-corrected chi connectivity index (χ4v) is 1.18. The monoisotopic (exact) mass is 212 g/mol. The van der Waals surface area contributed by atoms with Crippen LogP contribution >= 0.6 is 0 Å². The van der Waals surface area contributed by atoms with Crippen molar-refractivity contribution in [1.82, 2.24) is 0 Å². The van der Waals surface area contributed by atoms with Crippen LogP contribution in [0, 0.1) is 0 Å². The third kappa shape index (κ3) is 8.62. The minimum Gasteiger partial charge on any atom is -0.748 e. The normalized spacial score (nSPS) is 16.0. The molecule has 0 fully saturated rings. The summed E-state index contributed by atoms with van der Waals surface area (Å²) in [6.45, 7) is -1.08. The molecule has 0 aliphatic rings. The largest absolute Gasteiger partial charge is 1.00 e. The number of halogens is 3. The van der Waals surface area contributed by atoms with E-state index in [0.29, 0.717) is 0 Å². The smallest absolute Gasteiger partial charge is 0.748 e. The molecule has 0 aromatic rings. The van der Waals surface area contributed by atoms with Crippen molar-refractivity contribution >= 4 is 10.1 Å². The maximum absolute atomic E-state index is 12.4. The molecule has 8 heteroatoms. The zero-order valence-corrected chi connectivity index (χ0v) is 7.86. The average molecular weight is 212 g/mol. The van der Waals surface area contributed by atoms with Crippen molar-refractivity contribution in [2.75, 3.05) is 12.4 Å². The maximum atomic E-state index is 12.4. The minimum atomic E-state index is -4.77. The molecule has 74 valence electrons. The molecule has 0 aliphatic heterocycles. The summed E-state index contributed by atoms with van der Waals surface area (Å²) >= 11 is 0. The molecule has 0 saturated carbocycles. The van der Waals surface area contributed by atoms with E-state index in [1.807, 2.05) is 0 Å². The average Bonchev–Trinajstić information content (AvgIpc) is 1.84. The molecule has 0 N–H and O–H groups in total. The van der Waals surface area contributed by atoms with Crippen LogP contribution in [0.4, 0.5) is 13.2 Å². The first-order valence-electron chi connectivity index (χ1n) is 3.14. The summed E-state index contributed by atoms with van der Waals surface area (Å²) in [7, 11) is -4.77. The van der Waals surface area contributed by atoms with Crippen molar-refractivity contribution in [1.29, 1.82) is 0 Å². The van der Waals surface area contributed by atoms with Crippen molar-refractivity contribution in [2.45, 2.75) is 18.8 Å². The van der Waals surface area contributed by atoms with Crippen LogP contribution in [0.3, 0.4) is 0 Å². The van der Waals surface area contributed by atoms with Crippen molar-refractivity contribution in [3.63, 3.8) is 0 Å². The number of rotatable bonds is 5. The van der Waals surface area contributed by atoms with Crippen molar-refractivity contribution in [2.24, 2.45) is 0 Å². The van der Waals surface area contributed by atoms with Crippen LogP contribution in [0.15, 0.2) is 0 Å². The molecule has 2 atom stereocenters. The van der Waals surface area contributed by atoms with Gasteiger partial charge in [-0.25, -0.2) is 17.2 Å². The van der Waals surface area contributed by atoms with Gasteiger partial charge in [-0.05, 0) is 0 Å². The molecule has 0 amide bonds. The summed E-state index contributed by atoms with van der Waals surface area (Å²) in [6, 6.07) is 0. The van der Waals surface area contributed by atoms with E-state index >= 15 is 0 Å². The van der Waals surface area contributed by atoms with Crippen LogP contribution < -0.4 is 18.9 Å². The quantitative estimate of drug-likeness (QED) is 0.376. The van der Waals surface area contributed by atoms with Gasteiger partial charge < -0.3 is 4.55 Å². The standard InChI is InChI=1S/C5H9F3O3S.Li/c6-2-1-4(7)5(8)3-12(9,10)11;/h4-5H,1-3H2,(H,9,10,11);/q;+1/p-1. The van der Waals surface area contributed by atoms with Crippen molar-refractivity contribution in [3.05, 3.63) is 0 Å². The number of hydrogen-bond donors (Lipinski definition) is 0. The summed E-state index contributed by atoms with van der Waals surface area (Å²) in [6.07, 6.45) is -5.38. The SMILES string of the molecule is O=S(=O)([O-])CC(F)C(F)CCF.[Li+]. The number of hydrogen-bond acceptors (Lipinski definition) is 3. The van der Waals surface area contributed by atoms with Gasteiger partial charge in [-0.3, -0.25) is 4.39 Å². The molecule has 0 radical (unpaired) electrons. The van der Waals surface area contributed by atoms with Gasteiger partial charge in [-0.1, -0.05) is 0 Å². The predicted molar refractivity (Wildman–Crippen MR) is 34.9 cm³/mol. The van der Waals surface area contributed by atoms with Crippen molar-refractivity contribution < 1.29 is 45.0 Å². The second-order valence-electron chi connectivity index (χ2n) is 2.23. The molecule has 0 aromatic carbocycles. The second kappa shape index (κ2) is 6.71. The maximum Gasteiger partial charge on any atom is 1.00 e. The van der Waals surface area contributed by atoms with Gasteiger partial charge >= 0.3 is 18.9 Å². The molecular weight excluding hydrogens is 204 g/mol. The first kappa shape index (κ1) is 15.8. The van der Waals surface area contributed by atoms with Crippen molar-refractivity contribution in [3.8, 4) is 0 Å². The van der Waals surface area contributed by atoms with Gasteiger partial charge in [-0.2, -0.15) is 0 Å². The van der Waals surface area contributed by atoms with E-state index in [1.54, 1.807) is 0 Å². The molecule has 13 heavy (non-hydrogen) atoms. The number of alkyl halides is 3. The summed E-state index contributed by atoms with van der Waals surface area (Å²) in [4.78, 5) is 0. The van der Waals surface area contributed by atoms with Gasteiger partial charge in [-0.15, -0.1) is 0 Å². The van der Waals surface area contributed by atoms with E-state index in [2.05, 4.69) is 0 Å². The Morgan fingerprint density at radius 3 is 2.00 bits per heavy atom. The van der Waals surface area contributed by atoms with E-state index in [1.165, 1.54) is 0 Å². The first-order valence-corrected chi connectivity index (χ1v) is 4.72. The Morgan fingerprint density at radius 1 is 1.23 bits per heavy atom. The molecule has 0 spiro atoms. The van der Waals surface area contributed by atoms with Gasteiger partial charge in [0.25, 0.3) is 0 Å². The van der Waals surface area contributed by atoms with Crippen LogP contribution in [-0.2, 0) is 10.1 Å². The summed E-state index contributed by atoms with van der Waals surface area (Å²) in [5.41, 5.74) is 0. The predicted octanol–water partition coefficient (Wildman–Crippen LogP) is -2.43. The third-order valence-corrected chi connectivity index (χ3v) is 1.87. The summed E-state index contributed by atoms with van der Waals surface area (Å²) in [5, 5.41) is 0. The van der Waals surface area contributed by atoms with Crippen LogP contribution in [0.1, 0.15) is 6.42 Å². The molecule has 2 unspecified atom stereocenters. The second-order valence-corrected chi connectivity index (χ2v) is 3.68. The van der Waals surface area contributed by atoms with E-state index in [9.17, 15) is 26.1 Å². The Kier molecular flexibility index (Phi) is 8.13. The Labute approximate surface area is 86.6 Å². The molecule has 0 rings (SSSR count). The van der Waals surface area contributed by atoms with E-state index < -0.39 is 41.3 Å². The zero-order chi connectivity index (χ0) is 9.78. The van der Waals surface area contributed by atoms with Gasteiger partial charge in [0.1, 0.15) is 12.3 Å². The molecule has 0 heterocycles. The third-order valence-electron chi connectivity index (χ3n) is 1.14. The zero-order valence-electron chi connectivity index (χ0n) is 7.04. The summed E-state index contributed by atoms with van der Waals surface area (Å²) < 4.78 is 65.8. The van der Waals surface area contributed by atoms with Crippen LogP contribution in [0.2, 0.25) is 0 Å². The molecule has 0 aliphatic carbocycles. The Bertz CT molecular complexity index is 221. The molecule has 0 aromatic heterocycles. The van der Waals surface area contributed by atoms with Gasteiger partial charge in [0.15, 0.2) is 0 Å². The Hall–Kier alpha value is 0.297. The Morgan fingerprint density at radius 2 is 1.69 bits per heavy atom. The molecule has 3 nitrogen and oxygen atoms in total. The van der Waals surface area contributed by atoms with Gasteiger partial charge in [0.05, 0.1) is 22.5 Å². The molecular formula is C5H8F3LiO3S. The van der Waals surface area contributed by atoms with Gasteiger partial charge in [0.2, 0.25) is 0 Å². The fraction of sp³-hybridized carbons (Fsp3) is 1.00. The molecule has 0 saturated heterocycles. The Balaban J connectivity index is 0. The van der Waals surface area contributed by atoms with E-state index in [0.717, 1.165) is 0 Å². The topological polar surface area (TPSA) is 57.2 Å². The minimum absolute atomic E-state index is 0. The van der Waals surface area contributed by atoms with Gasteiger partial charge in [0, 0.05) is 6.42 Å². The van der Waals surface area contributed by atoms with Crippen LogP contribution in [0.5, 0.6) is 0 Å². The first-order chi connectivity index (χ1) is 5.37. The summed E-state index contributed by atoms with van der Waals surface area (Å²) in [5.74, 6) is -1.44. The van der Waals surface area contributed by atoms with E-state index in [-0.39, 0.29) is 18.9 Å².